The molecule has 0 saturated carbocycles. The molecule has 5 heteroatoms. The van der Waals surface area contributed by atoms with E-state index in [2.05, 4.69) is 61.9 Å². The molecule has 4 unspecified atom stereocenters. The van der Waals surface area contributed by atoms with Gasteiger partial charge in [0.25, 0.3) is 0 Å². The second-order valence-corrected chi connectivity index (χ2v) is 8.78. The van der Waals surface area contributed by atoms with Crippen LogP contribution in [-0.2, 0) is 9.53 Å². The fourth-order valence-corrected chi connectivity index (χ4v) is 4.48. The smallest absolute Gasteiger partial charge is 0.241 e. The maximum atomic E-state index is 13.0. The van der Waals surface area contributed by atoms with Crippen LogP contribution < -0.4 is 10.2 Å². The van der Waals surface area contributed by atoms with Gasteiger partial charge in [-0.3, -0.25) is 9.69 Å². The van der Waals surface area contributed by atoms with Gasteiger partial charge in [0.2, 0.25) is 5.91 Å². The van der Waals surface area contributed by atoms with E-state index in [0.29, 0.717) is 0 Å². The molecule has 27 heavy (non-hydrogen) atoms. The van der Waals surface area contributed by atoms with Crippen LogP contribution in [0.15, 0.2) is 24.3 Å². The van der Waals surface area contributed by atoms with E-state index in [9.17, 15) is 4.79 Å². The summed E-state index contributed by atoms with van der Waals surface area (Å²) in [4.78, 5) is 17.7. The van der Waals surface area contributed by atoms with E-state index in [1.807, 2.05) is 12.1 Å². The van der Waals surface area contributed by atoms with E-state index >= 15 is 0 Å². The maximum absolute atomic E-state index is 13.0. The summed E-state index contributed by atoms with van der Waals surface area (Å²) in [5, 5.41) is 3.14. The van der Waals surface area contributed by atoms with E-state index in [1.54, 1.807) is 0 Å². The normalized spacial score (nSPS) is 27.8. The number of carbonyl (C=O) groups excluding carboxylic acids is 1. The summed E-state index contributed by atoms with van der Waals surface area (Å²) in [6.07, 6.45) is 1.57. The van der Waals surface area contributed by atoms with Crippen molar-refractivity contribution < 1.29 is 9.53 Å². The van der Waals surface area contributed by atoms with Gasteiger partial charge in [0.1, 0.15) is 0 Å². The summed E-state index contributed by atoms with van der Waals surface area (Å²) in [5.41, 5.74) is 2.12. The van der Waals surface area contributed by atoms with E-state index in [0.717, 1.165) is 37.8 Å². The average Bonchev–Trinajstić information content (AvgIpc) is 3.01. The number of ether oxygens (including phenoxy) is 1. The van der Waals surface area contributed by atoms with Crippen LogP contribution in [0.4, 0.5) is 11.4 Å². The average molecular weight is 374 g/mol. The Morgan fingerprint density at radius 2 is 1.70 bits per heavy atom. The number of rotatable bonds is 5. The number of amides is 1. The molecular formula is C22H35N3O2. The Morgan fingerprint density at radius 1 is 1.07 bits per heavy atom. The summed E-state index contributed by atoms with van der Waals surface area (Å²) in [6.45, 7) is 14.5. The highest BCUT2D eigenvalue weighted by Gasteiger charge is 2.34. The summed E-state index contributed by atoms with van der Waals surface area (Å²) in [5.74, 6) is 1.08. The molecule has 2 fully saturated rings. The largest absolute Gasteiger partial charge is 0.373 e. The molecule has 2 aliphatic heterocycles. The third kappa shape index (κ3) is 5.02. The molecule has 2 aliphatic rings. The lowest BCUT2D eigenvalue weighted by molar-refractivity contribution is -0.130. The Morgan fingerprint density at radius 3 is 2.22 bits per heavy atom. The van der Waals surface area contributed by atoms with Crippen molar-refractivity contribution in [1.82, 2.24) is 4.90 Å². The standard InChI is InChI=1S/C22H35N3O2/c1-15(2)21(25-13-17(4)27-18(5)14-25)22(26)23-19-6-8-20(9-7-19)24-11-10-16(3)12-24/h6-9,15-18,21H,10-14H2,1-5H3,(H,23,26). The van der Waals surface area contributed by atoms with E-state index in [4.69, 9.17) is 4.74 Å². The zero-order valence-corrected chi connectivity index (χ0v) is 17.4. The van der Waals surface area contributed by atoms with Crippen LogP contribution in [0.2, 0.25) is 0 Å². The third-order valence-electron chi connectivity index (χ3n) is 5.67. The Balaban J connectivity index is 1.65. The highest BCUT2D eigenvalue weighted by Crippen LogP contribution is 2.25. The maximum Gasteiger partial charge on any atom is 0.241 e. The molecule has 3 rings (SSSR count). The van der Waals surface area contributed by atoms with Crippen molar-refractivity contribution in [1.29, 1.82) is 0 Å². The second kappa shape index (κ2) is 8.61. The van der Waals surface area contributed by atoms with Gasteiger partial charge in [-0.25, -0.2) is 0 Å². The molecule has 2 heterocycles. The number of anilines is 2. The number of hydrogen-bond donors (Lipinski definition) is 1. The van der Waals surface area contributed by atoms with E-state index in [1.165, 1.54) is 12.1 Å². The molecular weight excluding hydrogens is 338 g/mol. The first-order valence-corrected chi connectivity index (χ1v) is 10.4. The minimum atomic E-state index is -0.141. The predicted octanol–water partition coefficient (Wildman–Crippen LogP) is 3.61. The van der Waals surface area contributed by atoms with Crippen LogP contribution in [0.1, 0.15) is 41.0 Å². The molecule has 0 bridgehead atoms. The molecule has 0 radical (unpaired) electrons. The first-order valence-electron chi connectivity index (χ1n) is 10.4. The zero-order valence-electron chi connectivity index (χ0n) is 17.4. The fourth-order valence-electron chi connectivity index (χ4n) is 4.48. The number of benzene rings is 1. The third-order valence-corrected chi connectivity index (χ3v) is 5.67. The lowest BCUT2D eigenvalue weighted by atomic mass is 9.99. The van der Waals surface area contributed by atoms with Gasteiger partial charge in [-0.05, 0) is 56.4 Å². The minimum absolute atomic E-state index is 0.0776. The molecule has 0 spiro atoms. The molecule has 1 amide bonds. The predicted molar refractivity (Wildman–Crippen MR) is 111 cm³/mol. The monoisotopic (exact) mass is 373 g/mol. The van der Waals surface area contributed by atoms with E-state index < -0.39 is 0 Å². The van der Waals surface area contributed by atoms with Crippen molar-refractivity contribution in [3.05, 3.63) is 24.3 Å². The van der Waals surface area contributed by atoms with Gasteiger partial charge in [0.05, 0.1) is 18.2 Å². The SMILES string of the molecule is CC1CCN(c2ccc(NC(=O)C(C(C)C)N3CC(C)OC(C)C3)cc2)C1. The number of morpholine rings is 1. The molecule has 2 saturated heterocycles. The molecule has 1 N–H and O–H groups in total. The summed E-state index contributed by atoms with van der Waals surface area (Å²) >= 11 is 0. The highest BCUT2D eigenvalue weighted by atomic mass is 16.5. The quantitative estimate of drug-likeness (QED) is 0.856. The van der Waals surface area contributed by atoms with E-state index in [-0.39, 0.29) is 30.1 Å². The molecule has 0 aromatic heterocycles. The minimum Gasteiger partial charge on any atom is -0.373 e. The first kappa shape index (κ1) is 20.2. The number of hydrogen-bond acceptors (Lipinski definition) is 4. The van der Waals surface area contributed by atoms with Gasteiger partial charge in [-0.1, -0.05) is 20.8 Å². The van der Waals surface area contributed by atoms with Crippen molar-refractivity contribution in [2.24, 2.45) is 11.8 Å². The number of carbonyl (C=O) groups is 1. The second-order valence-electron chi connectivity index (χ2n) is 8.78. The fraction of sp³-hybridized carbons (Fsp3) is 0.682. The molecule has 1 aromatic carbocycles. The molecule has 4 atom stereocenters. The van der Waals surface area contributed by atoms with Crippen LogP contribution in [0.25, 0.3) is 0 Å². The topological polar surface area (TPSA) is 44.8 Å². The Bertz CT molecular complexity index is 621. The molecule has 5 nitrogen and oxygen atoms in total. The van der Waals surface area contributed by atoms with Crippen LogP contribution in [0, 0.1) is 11.8 Å². The van der Waals surface area contributed by atoms with Gasteiger partial charge in [-0.2, -0.15) is 0 Å². The molecule has 0 aliphatic carbocycles. The van der Waals surface area contributed by atoms with Gasteiger partial charge in [-0.15, -0.1) is 0 Å². The van der Waals surface area contributed by atoms with Crippen molar-refractivity contribution >= 4 is 17.3 Å². The van der Waals surface area contributed by atoms with Gasteiger partial charge in [0, 0.05) is 37.6 Å². The first-order chi connectivity index (χ1) is 12.8. The van der Waals surface area contributed by atoms with Crippen molar-refractivity contribution in [3.8, 4) is 0 Å². The Kier molecular flexibility index (Phi) is 6.43. The highest BCUT2D eigenvalue weighted by molar-refractivity contribution is 5.95. The van der Waals surface area contributed by atoms with Gasteiger partial charge >= 0.3 is 0 Å². The summed E-state index contributed by atoms with van der Waals surface area (Å²) in [7, 11) is 0. The van der Waals surface area contributed by atoms with Crippen LogP contribution >= 0.6 is 0 Å². The number of nitrogens with one attached hydrogen (secondary N) is 1. The van der Waals surface area contributed by atoms with Crippen molar-refractivity contribution in [2.75, 3.05) is 36.4 Å². The number of nitrogens with zero attached hydrogens (tertiary/aromatic N) is 2. The Hall–Kier alpha value is -1.59. The van der Waals surface area contributed by atoms with Gasteiger partial charge in [0.15, 0.2) is 0 Å². The molecule has 150 valence electrons. The van der Waals surface area contributed by atoms with Crippen molar-refractivity contribution in [2.45, 2.75) is 59.3 Å². The van der Waals surface area contributed by atoms with Crippen LogP contribution in [0.3, 0.4) is 0 Å². The summed E-state index contributed by atoms with van der Waals surface area (Å²) < 4.78 is 5.84. The zero-order chi connectivity index (χ0) is 19.6. The lowest BCUT2D eigenvalue weighted by Gasteiger charge is -2.41. The summed E-state index contributed by atoms with van der Waals surface area (Å²) in [6, 6.07) is 8.15. The molecule has 1 aromatic rings. The Labute approximate surface area is 164 Å². The van der Waals surface area contributed by atoms with Crippen LogP contribution in [0.5, 0.6) is 0 Å². The van der Waals surface area contributed by atoms with Gasteiger partial charge < -0.3 is 15.0 Å². The van der Waals surface area contributed by atoms with Crippen LogP contribution in [-0.4, -0.2) is 55.2 Å². The lowest BCUT2D eigenvalue weighted by Crippen LogP contribution is -2.55. The van der Waals surface area contributed by atoms with Crippen molar-refractivity contribution in [3.63, 3.8) is 0 Å².